The number of anilines is 1. The van der Waals surface area contributed by atoms with E-state index in [0.717, 1.165) is 18.9 Å². The van der Waals surface area contributed by atoms with Crippen LogP contribution in [0.2, 0.25) is 0 Å². The first-order valence-electron chi connectivity index (χ1n) is 7.01. The van der Waals surface area contributed by atoms with Crippen LogP contribution in [0.1, 0.15) is 31.7 Å². The lowest BCUT2D eigenvalue weighted by Gasteiger charge is -2.10. The van der Waals surface area contributed by atoms with Crippen LogP contribution in [0.25, 0.3) is 0 Å². The van der Waals surface area contributed by atoms with Crippen LogP contribution in [0, 0.1) is 12.7 Å². The van der Waals surface area contributed by atoms with Crippen LogP contribution in [0.15, 0.2) is 17.0 Å². The highest BCUT2D eigenvalue weighted by atomic mass is 32.2. The van der Waals surface area contributed by atoms with Crippen molar-refractivity contribution in [3.8, 4) is 0 Å². The molecule has 0 unspecified atom stereocenters. The second-order valence-electron chi connectivity index (χ2n) is 4.87. The minimum Gasteiger partial charge on any atom is -0.399 e. The molecule has 0 fully saturated rings. The summed E-state index contributed by atoms with van der Waals surface area (Å²) in [4.78, 5) is -0.410. The summed E-state index contributed by atoms with van der Waals surface area (Å²) >= 11 is 0. The molecule has 0 atom stereocenters. The van der Waals surface area contributed by atoms with Gasteiger partial charge in [0.25, 0.3) is 0 Å². The normalized spacial score (nSPS) is 11.8. The third-order valence-corrected chi connectivity index (χ3v) is 4.39. The third-order valence-electron chi connectivity index (χ3n) is 2.93. The Labute approximate surface area is 125 Å². The van der Waals surface area contributed by atoms with E-state index in [9.17, 15) is 12.8 Å². The van der Waals surface area contributed by atoms with Crippen LogP contribution in [-0.4, -0.2) is 28.2 Å². The lowest BCUT2D eigenvalue weighted by molar-refractivity contribution is 0.130. The van der Waals surface area contributed by atoms with Crippen molar-refractivity contribution in [3.63, 3.8) is 0 Å². The molecule has 0 saturated carbocycles. The maximum absolute atomic E-state index is 13.9. The molecule has 0 spiro atoms. The molecular formula is C14H23FN2O3S. The van der Waals surface area contributed by atoms with E-state index in [1.54, 1.807) is 0 Å². The summed E-state index contributed by atoms with van der Waals surface area (Å²) in [6, 6.07) is 2.53. The zero-order valence-corrected chi connectivity index (χ0v) is 13.3. The molecule has 0 saturated heterocycles. The predicted octanol–water partition coefficient (Wildman–Crippen LogP) is 2.20. The highest BCUT2D eigenvalue weighted by molar-refractivity contribution is 7.89. The molecule has 1 aromatic rings. The first kappa shape index (κ1) is 17.9. The quantitative estimate of drug-likeness (QED) is 0.540. The Balaban J connectivity index is 2.55. The number of nitrogens with two attached hydrogens (primary N) is 1. The second-order valence-corrected chi connectivity index (χ2v) is 6.60. The summed E-state index contributed by atoms with van der Waals surface area (Å²) in [6.45, 7) is 4.89. The summed E-state index contributed by atoms with van der Waals surface area (Å²) in [5.41, 5.74) is 6.00. The van der Waals surface area contributed by atoms with E-state index >= 15 is 0 Å². The highest BCUT2D eigenvalue weighted by Gasteiger charge is 2.20. The number of nitrogens with one attached hydrogen (secondary N) is 1. The maximum Gasteiger partial charge on any atom is 0.243 e. The van der Waals surface area contributed by atoms with Crippen molar-refractivity contribution in [2.75, 3.05) is 25.5 Å². The molecule has 0 aromatic heterocycles. The van der Waals surface area contributed by atoms with Crippen LogP contribution in [0.3, 0.4) is 0 Å². The number of hydrogen-bond acceptors (Lipinski definition) is 4. The van der Waals surface area contributed by atoms with Gasteiger partial charge in [-0.15, -0.1) is 0 Å². The van der Waals surface area contributed by atoms with Gasteiger partial charge in [0.15, 0.2) is 0 Å². The summed E-state index contributed by atoms with van der Waals surface area (Å²) in [5, 5.41) is 0. The molecule has 21 heavy (non-hydrogen) atoms. The molecule has 5 nitrogen and oxygen atoms in total. The molecule has 0 aliphatic rings. The van der Waals surface area contributed by atoms with E-state index in [4.69, 9.17) is 10.5 Å². The smallest absolute Gasteiger partial charge is 0.243 e. The Morgan fingerprint density at radius 3 is 2.62 bits per heavy atom. The molecule has 120 valence electrons. The number of nitrogen functional groups attached to an aromatic ring is 1. The number of ether oxygens (including phenoxy) is 1. The van der Waals surface area contributed by atoms with Crippen molar-refractivity contribution in [3.05, 3.63) is 23.5 Å². The number of sulfonamides is 1. The minimum absolute atomic E-state index is 0.196. The van der Waals surface area contributed by atoms with E-state index in [1.807, 2.05) is 0 Å². The number of halogens is 1. The molecule has 1 rings (SSSR count). The summed E-state index contributed by atoms with van der Waals surface area (Å²) in [6.07, 6.45) is 2.58. The van der Waals surface area contributed by atoms with Gasteiger partial charge < -0.3 is 10.5 Å². The lowest BCUT2D eigenvalue weighted by Crippen LogP contribution is -2.26. The average molecular weight is 318 g/mol. The van der Waals surface area contributed by atoms with Crippen LogP contribution in [-0.2, 0) is 14.8 Å². The van der Waals surface area contributed by atoms with Crippen LogP contribution >= 0.6 is 0 Å². The second kappa shape index (κ2) is 8.31. The van der Waals surface area contributed by atoms with Crippen molar-refractivity contribution >= 4 is 15.7 Å². The number of benzene rings is 1. The molecule has 0 amide bonds. The molecule has 0 aliphatic carbocycles. The molecule has 0 bridgehead atoms. The van der Waals surface area contributed by atoms with E-state index in [2.05, 4.69) is 11.6 Å². The van der Waals surface area contributed by atoms with Crippen LogP contribution in [0.5, 0.6) is 0 Å². The van der Waals surface area contributed by atoms with Gasteiger partial charge in [-0.05, 0) is 37.5 Å². The van der Waals surface area contributed by atoms with Gasteiger partial charge in [-0.3, -0.25) is 0 Å². The maximum atomic E-state index is 13.9. The Morgan fingerprint density at radius 2 is 1.95 bits per heavy atom. The topological polar surface area (TPSA) is 81.4 Å². The van der Waals surface area contributed by atoms with E-state index < -0.39 is 20.7 Å². The van der Waals surface area contributed by atoms with Gasteiger partial charge in [0.05, 0.1) is 0 Å². The fourth-order valence-electron chi connectivity index (χ4n) is 1.77. The van der Waals surface area contributed by atoms with E-state index in [-0.39, 0.29) is 17.8 Å². The first-order valence-corrected chi connectivity index (χ1v) is 8.50. The van der Waals surface area contributed by atoms with Gasteiger partial charge >= 0.3 is 0 Å². The average Bonchev–Trinajstić information content (AvgIpc) is 2.41. The Hall–Kier alpha value is -1.18. The van der Waals surface area contributed by atoms with E-state index in [1.165, 1.54) is 13.0 Å². The third kappa shape index (κ3) is 5.61. The zero-order chi connectivity index (χ0) is 15.9. The van der Waals surface area contributed by atoms with Crippen molar-refractivity contribution < 1.29 is 17.5 Å². The van der Waals surface area contributed by atoms with Gasteiger partial charge in [0.1, 0.15) is 10.7 Å². The van der Waals surface area contributed by atoms with Gasteiger partial charge in [0, 0.05) is 25.4 Å². The molecule has 1 aromatic carbocycles. The largest absolute Gasteiger partial charge is 0.399 e. The summed E-state index contributed by atoms with van der Waals surface area (Å²) in [5.74, 6) is -0.768. The van der Waals surface area contributed by atoms with Crippen molar-refractivity contribution in [2.45, 2.75) is 38.0 Å². The zero-order valence-electron chi connectivity index (χ0n) is 12.5. The van der Waals surface area contributed by atoms with Crippen molar-refractivity contribution in [2.24, 2.45) is 0 Å². The standard InChI is InChI=1S/C14H23FN2O3S/c1-3-4-7-20-8-5-6-17-21(18,19)13-10-12(16)9-11(2)14(13)15/h9-10,17H,3-8,16H2,1-2H3. The van der Waals surface area contributed by atoms with Crippen molar-refractivity contribution in [1.82, 2.24) is 4.72 Å². The molecular weight excluding hydrogens is 295 g/mol. The number of hydrogen-bond donors (Lipinski definition) is 2. The molecule has 0 heterocycles. The van der Waals surface area contributed by atoms with Crippen LogP contribution < -0.4 is 10.5 Å². The number of aryl methyl sites for hydroxylation is 1. The van der Waals surface area contributed by atoms with Crippen molar-refractivity contribution in [1.29, 1.82) is 0 Å². The lowest BCUT2D eigenvalue weighted by atomic mass is 10.2. The highest BCUT2D eigenvalue weighted by Crippen LogP contribution is 2.21. The minimum atomic E-state index is -3.89. The summed E-state index contributed by atoms with van der Waals surface area (Å²) < 4.78 is 45.7. The summed E-state index contributed by atoms with van der Waals surface area (Å²) in [7, 11) is -3.89. The predicted molar refractivity (Wildman–Crippen MR) is 81.1 cm³/mol. The monoisotopic (exact) mass is 318 g/mol. The van der Waals surface area contributed by atoms with Gasteiger partial charge in [0.2, 0.25) is 10.0 Å². The van der Waals surface area contributed by atoms with E-state index in [0.29, 0.717) is 19.6 Å². The molecule has 0 aliphatic heterocycles. The van der Waals surface area contributed by atoms with Gasteiger partial charge in [-0.2, -0.15) is 0 Å². The Morgan fingerprint density at radius 1 is 1.29 bits per heavy atom. The first-order chi connectivity index (χ1) is 9.88. The molecule has 7 heteroatoms. The molecule has 3 N–H and O–H groups in total. The Kier molecular flexibility index (Phi) is 7.07. The number of unbranched alkanes of at least 4 members (excludes halogenated alkanes) is 1. The SMILES string of the molecule is CCCCOCCCNS(=O)(=O)c1cc(N)cc(C)c1F. The van der Waals surface area contributed by atoms with Gasteiger partial charge in [-0.1, -0.05) is 13.3 Å². The fourth-order valence-corrected chi connectivity index (χ4v) is 3.02. The Bertz CT molecular complexity index is 562. The van der Waals surface area contributed by atoms with Crippen LogP contribution in [0.4, 0.5) is 10.1 Å². The van der Waals surface area contributed by atoms with Gasteiger partial charge in [-0.25, -0.2) is 17.5 Å². The number of rotatable bonds is 9. The fraction of sp³-hybridized carbons (Fsp3) is 0.571. The molecule has 0 radical (unpaired) electrons.